The number of nitrogens with two attached hydrogens (primary N) is 1. The van der Waals surface area contributed by atoms with Crippen molar-refractivity contribution in [3.63, 3.8) is 0 Å². The molecular weight excluding hydrogens is 250 g/mol. The third-order valence-corrected chi connectivity index (χ3v) is 3.07. The minimum atomic E-state index is 0.584. The van der Waals surface area contributed by atoms with Gasteiger partial charge >= 0.3 is 0 Å². The summed E-state index contributed by atoms with van der Waals surface area (Å²) in [5.41, 5.74) is 9.12. The Morgan fingerprint density at radius 2 is 1.95 bits per heavy atom. The Morgan fingerprint density at radius 3 is 2.70 bits per heavy atom. The van der Waals surface area contributed by atoms with Gasteiger partial charge in [0.15, 0.2) is 0 Å². The third-order valence-electron chi connectivity index (χ3n) is 3.07. The lowest BCUT2D eigenvalue weighted by Crippen LogP contribution is -2.04. The van der Waals surface area contributed by atoms with Crippen LogP contribution in [0.25, 0.3) is 0 Å². The highest BCUT2D eigenvalue weighted by atomic mass is 16.5. The number of aryl methyl sites for hydroxylation is 1. The van der Waals surface area contributed by atoms with Gasteiger partial charge in [-0.05, 0) is 49.2 Å². The van der Waals surface area contributed by atoms with Crippen molar-refractivity contribution in [1.82, 2.24) is 0 Å². The fourth-order valence-electron chi connectivity index (χ4n) is 2.15. The van der Waals surface area contributed by atoms with E-state index >= 15 is 0 Å². The van der Waals surface area contributed by atoms with Crippen LogP contribution in [0.2, 0.25) is 0 Å². The summed E-state index contributed by atoms with van der Waals surface area (Å²) in [4.78, 5) is 0. The van der Waals surface area contributed by atoms with E-state index in [1.165, 1.54) is 5.56 Å². The SMILES string of the molecule is COCc1cccc(Oc2ccc(C)cc2CCN)c1. The number of rotatable bonds is 6. The lowest BCUT2D eigenvalue weighted by Gasteiger charge is -2.12. The minimum Gasteiger partial charge on any atom is -0.457 e. The number of hydrogen-bond acceptors (Lipinski definition) is 3. The normalized spacial score (nSPS) is 10.6. The third kappa shape index (κ3) is 3.83. The Labute approximate surface area is 120 Å². The number of ether oxygens (including phenoxy) is 2. The number of hydrogen-bond donors (Lipinski definition) is 1. The molecule has 3 nitrogen and oxygen atoms in total. The van der Waals surface area contributed by atoms with Gasteiger partial charge in [0.25, 0.3) is 0 Å². The summed E-state index contributed by atoms with van der Waals surface area (Å²) in [6, 6.07) is 14.1. The zero-order valence-electron chi connectivity index (χ0n) is 12.1. The van der Waals surface area contributed by atoms with Crippen molar-refractivity contribution in [1.29, 1.82) is 0 Å². The highest BCUT2D eigenvalue weighted by Gasteiger charge is 2.05. The molecule has 0 fully saturated rings. The maximum atomic E-state index is 5.99. The predicted octanol–water partition coefficient (Wildman–Crippen LogP) is 3.43. The second-order valence-electron chi connectivity index (χ2n) is 4.83. The van der Waals surface area contributed by atoms with Crippen molar-refractivity contribution in [2.24, 2.45) is 5.73 Å². The van der Waals surface area contributed by atoms with Gasteiger partial charge in [-0.15, -0.1) is 0 Å². The van der Waals surface area contributed by atoms with E-state index in [1.807, 2.05) is 36.4 Å². The van der Waals surface area contributed by atoms with Crippen molar-refractivity contribution >= 4 is 0 Å². The minimum absolute atomic E-state index is 0.584. The Balaban J connectivity index is 2.22. The quantitative estimate of drug-likeness (QED) is 0.875. The van der Waals surface area contributed by atoms with Crippen LogP contribution in [0.5, 0.6) is 11.5 Å². The highest BCUT2D eigenvalue weighted by molar-refractivity contribution is 5.41. The molecule has 2 aromatic rings. The van der Waals surface area contributed by atoms with Gasteiger partial charge in [0.2, 0.25) is 0 Å². The van der Waals surface area contributed by atoms with Gasteiger partial charge in [0, 0.05) is 7.11 Å². The molecule has 106 valence electrons. The molecule has 0 bridgehead atoms. The number of benzene rings is 2. The van der Waals surface area contributed by atoms with Gasteiger partial charge in [-0.1, -0.05) is 29.8 Å². The Kier molecular flexibility index (Phi) is 5.16. The molecule has 20 heavy (non-hydrogen) atoms. The second-order valence-corrected chi connectivity index (χ2v) is 4.83. The monoisotopic (exact) mass is 271 g/mol. The van der Waals surface area contributed by atoms with Crippen molar-refractivity contribution in [3.05, 3.63) is 59.2 Å². The summed E-state index contributed by atoms with van der Waals surface area (Å²) in [7, 11) is 1.69. The molecule has 2 N–H and O–H groups in total. The van der Waals surface area contributed by atoms with Crippen molar-refractivity contribution in [2.75, 3.05) is 13.7 Å². The summed E-state index contributed by atoms with van der Waals surface area (Å²) < 4.78 is 11.1. The van der Waals surface area contributed by atoms with Crippen LogP contribution in [0, 0.1) is 6.92 Å². The average Bonchev–Trinajstić information content (AvgIpc) is 2.43. The lowest BCUT2D eigenvalue weighted by molar-refractivity contribution is 0.184. The summed E-state index contributed by atoms with van der Waals surface area (Å²) in [6.45, 7) is 3.27. The van der Waals surface area contributed by atoms with E-state index in [-0.39, 0.29) is 0 Å². The molecule has 0 aliphatic heterocycles. The van der Waals surface area contributed by atoms with Crippen LogP contribution < -0.4 is 10.5 Å². The molecule has 0 saturated carbocycles. The van der Waals surface area contributed by atoms with Crippen LogP contribution in [-0.2, 0) is 17.8 Å². The summed E-state index contributed by atoms with van der Waals surface area (Å²) in [6.07, 6.45) is 0.814. The maximum absolute atomic E-state index is 5.99. The smallest absolute Gasteiger partial charge is 0.130 e. The van der Waals surface area contributed by atoms with Crippen LogP contribution in [0.1, 0.15) is 16.7 Å². The van der Waals surface area contributed by atoms with Gasteiger partial charge < -0.3 is 15.2 Å². The first kappa shape index (κ1) is 14.6. The Bertz CT molecular complexity index is 567. The van der Waals surface area contributed by atoms with Gasteiger partial charge in [-0.3, -0.25) is 0 Å². The van der Waals surface area contributed by atoms with E-state index in [1.54, 1.807) is 7.11 Å². The van der Waals surface area contributed by atoms with Crippen LogP contribution >= 0.6 is 0 Å². The highest BCUT2D eigenvalue weighted by Crippen LogP contribution is 2.27. The topological polar surface area (TPSA) is 44.5 Å². The lowest BCUT2D eigenvalue weighted by atomic mass is 10.1. The first-order valence-corrected chi connectivity index (χ1v) is 6.78. The van der Waals surface area contributed by atoms with Gasteiger partial charge in [0.05, 0.1) is 6.61 Å². The maximum Gasteiger partial charge on any atom is 0.130 e. The fourth-order valence-corrected chi connectivity index (χ4v) is 2.15. The van der Waals surface area contributed by atoms with Gasteiger partial charge in [-0.25, -0.2) is 0 Å². The summed E-state index contributed by atoms with van der Waals surface area (Å²) in [5.74, 6) is 1.69. The molecule has 3 heteroatoms. The Hall–Kier alpha value is -1.84. The molecule has 0 heterocycles. The van der Waals surface area contributed by atoms with Crippen molar-refractivity contribution in [2.45, 2.75) is 20.0 Å². The van der Waals surface area contributed by atoms with Crippen LogP contribution in [0.4, 0.5) is 0 Å². The molecule has 0 saturated heterocycles. The zero-order chi connectivity index (χ0) is 14.4. The fraction of sp³-hybridized carbons (Fsp3) is 0.294. The predicted molar refractivity (Wildman–Crippen MR) is 81.2 cm³/mol. The van der Waals surface area contributed by atoms with E-state index < -0.39 is 0 Å². The van der Waals surface area contributed by atoms with Gasteiger partial charge in [-0.2, -0.15) is 0 Å². The summed E-state index contributed by atoms with van der Waals surface area (Å²) in [5, 5.41) is 0. The van der Waals surface area contributed by atoms with E-state index in [0.717, 1.165) is 29.0 Å². The first-order valence-electron chi connectivity index (χ1n) is 6.78. The number of methoxy groups -OCH3 is 1. The Morgan fingerprint density at radius 1 is 1.10 bits per heavy atom. The summed E-state index contributed by atoms with van der Waals surface area (Å²) >= 11 is 0. The molecule has 0 aliphatic carbocycles. The van der Waals surface area contributed by atoms with E-state index in [0.29, 0.717) is 13.2 Å². The molecule has 2 rings (SSSR count). The molecule has 0 aliphatic rings. The first-order chi connectivity index (χ1) is 9.72. The molecule has 0 atom stereocenters. The molecule has 0 unspecified atom stereocenters. The largest absolute Gasteiger partial charge is 0.457 e. The van der Waals surface area contributed by atoms with E-state index in [2.05, 4.69) is 13.0 Å². The molecule has 0 spiro atoms. The standard InChI is InChI=1S/C17H21NO2/c1-13-6-7-17(15(10-13)8-9-18)20-16-5-3-4-14(11-16)12-19-2/h3-7,10-11H,8-9,12,18H2,1-2H3. The molecule has 2 aromatic carbocycles. The molecule has 0 radical (unpaired) electrons. The molecule has 0 aromatic heterocycles. The molecular formula is C17H21NO2. The van der Waals surface area contributed by atoms with Crippen LogP contribution in [-0.4, -0.2) is 13.7 Å². The average molecular weight is 271 g/mol. The van der Waals surface area contributed by atoms with Gasteiger partial charge in [0.1, 0.15) is 11.5 Å². The van der Waals surface area contributed by atoms with E-state index in [4.69, 9.17) is 15.2 Å². The van der Waals surface area contributed by atoms with E-state index in [9.17, 15) is 0 Å². The second kappa shape index (κ2) is 7.08. The zero-order valence-corrected chi connectivity index (χ0v) is 12.1. The van der Waals surface area contributed by atoms with Crippen LogP contribution in [0.3, 0.4) is 0 Å². The van der Waals surface area contributed by atoms with Crippen molar-refractivity contribution in [3.8, 4) is 11.5 Å². The van der Waals surface area contributed by atoms with Crippen molar-refractivity contribution < 1.29 is 9.47 Å². The van der Waals surface area contributed by atoms with Crippen LogP contribution in [0.15, 0.2) is 42.5 Å². The molecule has 0 amide bonds.